The molecule has 0 unspecified atom stereocenters. The van der Waals surface area contributed by atoms with E-state index in [-0.39, 0.29) is 0 Å². The van der Waals surface area contributed by atoms with Crippen molar-refractivity contribution < 1.29 is 4.79 Å². The number of hydrogen-bond acceptors (Lipinski definition) is 2. The number of hydrogen-bond donors (Lipinski definition) is 0. The van der Waals surface area contributed by atoms with Crippen LogP contribution < -0.4 is 0 Å². The van der Waals surface area contributed by atoms with E-state index in [1.807, 2.05) is 25.2 Å². The van der Waals surface area contributed by atoms with Crippen LogP contribution in [-0.4, -0.2) is 15.8 Å². The second-order valence-corrected chi connectivity index (χ2v) is 3.61. The summed E-state index contributed by atoms with van der Waals surface area (Å²) in [5, 5.41) is 0. The number of benzene rings is 1. The first kappa shape index (κ1) is 8.44. The van der Waals surface area contributed by atoms with E-state index in [0.29, 0.717) is 5.82 Å². The Labute approximate surface area is 83.5 Å². The maximum absolute atomic E-state index is 10.6. The third-order valence-corrected chi connectivity index (χ3v) is 2.62. The van der Waals surface area contributed by atoms with Gasteiger partial charge in [0.15, 0.2) is 12.1 Å². The number of carbonyl (C=O) groups excluding carboxylic acids is 1. The molecule has 0 radical (unpaired) electrons. The summed E-state index contributed by atoms with van der Waals surface area (Å²) in [5.74, 6) is 0.446. The molecule has 0 aliphatic carbocycles. The zero-order chi connectivity index (χ0) is 9.42. The molecule has 0 amide bonds. The molecule has 1 aromatic carbocycles. The largest absolute Gasteiger partial charge is 0.324 e. The van der Waals surface area contributed by atoms with Gasteiger partial charge in [-0.2, -0.15) is 0 Å². The molecule has 0 aliphatic rings. The molecule has 1 aromatic heterocycles. The lowest BCUT2D eigenvalue weighted by Crippen LogP contribution is -1.95. The van der Waals surface area contributed by atoms with E-state index in [2.05, 4.69) is 20.9 Å². The number of para-hydroxylation sites is 1. The molecule has 4 heteroatoms. The normalized spacial score (nSPS) is 10.6. The maximum Gasteiger partial charge on any atom is 0.185 e. The van der Waals surface area contributed by atoms with Crippen molar-refractivity contribution in [3.63, 3.8) is 0 Å². The van der Waals surface area contributed by atoms with Crippen molar-refractivity contribution >= 4 is 33.2 Å². The van der Waals surface area contributed by atoms with Crippen LogP contribution in [0.5, 0.6) is 0 Å². The van der Waals surface area contributed by atoms with Crippen LogP contribution in [0.25, 0.3) is 11.0 Å². The first-order chi connectivity index (χ1) is 6.24. The van der Waals surface area contributed by atoms with Gasteiger partial charge in [0, 0.05) is 11.5 Å². The van der Waals surface area contributed by atoms with Crippen molar-refractivity contribution in [1.82, 2.24) is 9.55 Å². The second kappa shape index (κ2) is 2.96. The Morgan fingerprint density at radius 1 is 1.54 bits per heavy atom. The van der Waals surface area contributed by atoms with Crippen LogP contribution in [0.1, 0.15) is 10.6 Å². The Morgan fingerprint density at radius 2 is 2.31 bits per heavy atom. The van der Waals surface area contributed by atoms with Gasteiger partial charge in [-0.1, -0.05) is 6.07 Å². The van der Waals surface area contributed by atoms with Gasteiger partial charge in [-0.15, -0.1) is 0 Å². The minimum absolute atomic E-state index is 0.446. The Hall–Kier alpha value is -1.16. The Kier molecular flexibility index (Phi) is 1.92. The second-order valence-electron chi connectivity index (χ2n) is 2.75. The van der Waals surface area contributed by atoms with Crippen molar-refractivity contribution in [3.05, 3.63) is 28.5 Å². The van der Waals surface area contributed by atoms with Crippen LogP contribution in [0.4, 0.5) is 0 Å². The number of nitrogens with zero attached hydrogens (tertiary/aromatic N) is 2. The number of aldehydes is 1. The third-order valence-electron chi connectivity index (χ3n) is 1.98. The van der Waals surface area contributed by atoms with Crippen LogP contribution in [0.2, 0.25) is 0 Å². The van der Waals surface area contributed by atoms with E-state index in [4.69, 9.17) is 0 Å². The number of aromatic nitrogens is 2. The molecule has 0 atom stereocenters. The van der Waals surface area contributed by atoms with E-state index in [0.717, 1.165) is 21.8 Å². The van der Waals surface area contributed by atoms with E-state index < -0.39 is 0 Å². The lowest BCUT2D eigenvalue weighted by molar-refractivity contribution is 0.111. The first-order valence-electron chi connectivity index (χ1n) is 3.80. The Balaban J connectivity index is 2.92. The van der Waals surface area contributed by atoms with Gasteiger partial charge in [0.25, 0.3) is 0 Å². The van der Waals surface area contributed by atoms with Crippen molar-refractivity contribution in [2.75, 3.05) is 0 Å². The highest BCUT2D eigenvalue weighted by Crippen LogP contribution is 2.23. The summed E-state index contributed by atoms with van der Waals surface area (Å²) in [4.78, 5) is 14.8. The van der Waals surface area contributed by atoms with Crippen LogP contribution in [0.15, 0.2) is 22.7 Å². The molecule has 2 rings (SSSR count). The zero-order valence-corrected chi connectivity index (χ0v) is 8.58. The van der Waals surface area contributed by atoms with Gasteiger partial charge in [-0.05, 0) is 28.1 Å². The lowest BCUT2D eigenvalue weighted by atomic mass is 10.3. The van der Waals surface area contributed by atoms with Gasteiger partial charge >= 0.3 is 0 Å². The minimum Gasteiger partial charge on any atom is -0.324 e. The predicted octanol–water partition coefficient (Wildman–Crippen LogP) is 2.15. The Morgan fingerprint density at radius 3 is 2.92 bits per heavy atom. The topological polar surface area (TPSA) is 34.9 Å². The summed E-state index contributed by atoms with van der Waals surface area (Å²) in [7, 11) is 1.82. The highest BCUT2D eigenvalue weighted by molar-refractivity contribution is 9.10. The van der Waals surface area contributed by atoms with Gasteiger partial charge in [-0.3, -0.25) is 4.79 Å². The average molecular weight is 239 g/mol. The van der Waals surface area contributed by atoms with Crippen molar-refractivity contribution in [2.45, 2.75) is 0 Å². The fourth-order valence-electron chi connectivity index (χ4n) is 1.34. The standard InChI is InChI=1S/C9H7BrN2O/c1-12-8(5-13)11-7-4-2-3-6(10)9(7)12/h2-5H,1H3. The number of carbonyl (C=O) groups is 1. The summed E-state index contributed by atoms with van der Waals surface area (Å²) in [5.41, 5.74) is 1.78. The summed E-state index contributed by atoms with van der Waals surface area (Å²) in [6.45, 7) is 0. The molecule has 0 bridgehead atoms. The van der Waals surface area contributed by atoms with E-state index in [1.165, 1.54) is 0 Å². The van der Waals surface area contributed by atoms with Crippen LogP contribution in [-0.2, 0) is 7.05 Å². The maximum atomic E-state index is 10.6. The van der Waals surface area contributed by atoms with Gasteiger partial charge in [0.05, 0.1) is 11.0 Å². The fourth-order valence-corrected chi connectivity index (χ4v) is 1.97. The average Bonchev–Trinajstić information content (AvgIpc) is 2.44. The monoisotopic (exact) mass is 238 g/mol. The molecule has 3 nitrogen and oxygen atoms in total. The molecule has 2 aromatic rings. The first-order valence-corrected chi connectivity index (χ1v) is 4.59. The molecule has 1 heterocycles. The van der Waals surface area contributed by atoms with Gasteiger partial charge in [0.1, 0.15) is 0 Å². The lowest BCUT2D eigenvalue weighted by Gasteiger charge is -1.97. The van der Waals surface area contributed by atoms with Crippen molar-refractivity contribution in [2.24, 2.45) is 7.05 Å². The molecular formula is C9H7BrN2O. The molecule has 13 heavy (non-hydrogen) atoms. The molecule has 66 valence electrons. The number of aryl methyl sites for hydroxylation is 1. The smallest absolute Gasteiger partial charge is 0.185 e. The van der Waals surface area contributed by atoms with Crippen molar-refractivity contribution in [1.29, 1.82) is 0 Å². The highest BCUT2D eigenvalue weighted by Gasteiger charge is 2.08. The molecule has 0 saturated heterocycles. The predicted molar refractivity (Wildman–Crippen MR) is 53.8 cm³/mol. The van der Waals surface area contributed by atoms with Gasteiger partial charge < -0.3 is 4.57 Å². The number of imidazole rings is 1. The zero-order valence-electron chi connectivity index (χ0n) is 6.99. The molecule has 0 spiro atoms. The molecule has 0 fully saturated rings. The molecular weight excluding hydrogens is 232 g/mol. The summed E-state index contributed by atoms with van der Waals surface area (Å²) < 4.78 is 2.72. The molecule has 0 aliphatic heterocycles. The van der Waals surface area contributed by atoms with Crippen LogP contribution in [0.3, 0.4) is 0 Å². The summed E-state index contributed by atoms with van der Waals surface area (Å²) >= 11 is 3.41. The van der Waals surface area contributed by atoms with E-state index >= 15 is 0 Å². The third kappa shape index (κ3) is 1.18. The van der Waals surface area contributed by atoms with E-state index in [1.54, 1.807) is 4.57 Å². The molecule has 0 N–H and O–H groups in total. The van der Waals surface area contributed by atoms with E-state index in [9.17, 15) is 4.79 Å². The quantitative estimate of drug-likeness (QED) is 0.714. The summed E-state index contributed by atoms with van der Waals surface area (Å²) in [6, 6.07) is 5.71. The molecule has 0 saturated carbocycles. The fraction of sp³-hybridized carbons (Fsp3) is 0.111. The van der Waals surface area contributed by atoms with Gasteiger partial charge in [0.2, 0.25) is 0 Å². The van der Waals surface area contributed by atoms with Gasteiger partial charge in [-0.25, -0.2) is 4.98 Å². The number of fused-ring (bicyclic) bond motifs is 1. The van der Waals surface area contributed by atoms with Crippen LogP contribution >= 0.6 is 15.9 Å². The highest BCUT2D eigenvalue weighted by atomic mass is 79.9. The Bertz CT molecular complexity index is 476. The minimum atomic E-state index is 0.446. The number of rotatable bonds is 1. The SMILES string of the molecule is Cn1c(C=O)nc2cccc(Br)c21. The number of halogens is 1. The van der Waals surface area contributed by atoms with Crippen molar-refractivity contribution in [3.8, 4) is 0 Å². The summed E-state index contributed by atoms with van der Waals surface area (Å²) in [6.07, 6.45) is 0.756. The van der Waals surface area contributed by atoms with Crippen LogP contribution in [0, 0.1) is 0 Å².